The number of nitriles is 1. The molecule has 1 aromatic carbocycles. The second-order valence-electron chi connectivity index (χ2n) is 5.98. The highest BCUT2D eigenvalue weighted by molar-refractivity contribution is 5.38. The van der Waals surface area contributed by atoms with Crippen molar-refractivity contribution in [1.82, 2.24) is 14.9 Å². The highest BCUT2D eigenvalue weighted by Gasteiger charge is 2.23. The number of nitrogens with zero attached hydrogens (tertiary/aromatic N) is 4. The van der Waals surface area contributed by atoms with E-state index in [4.69, 9.17) is 14.7 Å². The maximum Gasteiger partial charge on any atom is 0.158 e. The van der Waals surface area contributed by atoms with Gasteiger partial charge in [0.15, 0.2) is 5.69 Å². The van der Waals surface area contributed by atoms with Gasteiger partial charge in [0.2, 0.25) is 0 Å². The molecule has 7 nitrogen and oxygen atoms in total. The highest BCUT2D eigenvalue weighted by atomic mass is 16.5. The summed E-state index contributed by atoms with van der Waals surface area (Å²) in [6.07, 6.45) is 4.12. The Hall–Kier alpha value is -2.85. The normalized spacial score (nSPS) is 17.1. The van der Waals surface area contributed by atoms with E-state index in [1.165, 1.54) is 6.20 Å². The molecular weight excluding hydrogens is 318 g/mol. The van der Waals surface area contributed by atoms with Gasteiger partial charge in [0.1, 0.15) is 23.4 Å². The Morgan fingerprint density at radius 1 is 1.20 bits per heavy atom. The quantitative estimate of drug-likeness (QED) is 0.862. The van der Waals surface area contributed by atoms with Crippen LogP contribution in [0, 0.1) is 11.3 Å². The third-order valence-electron chi connectivity index (χ3n) is 4.21. The third-order valence-corrected chi connectivity index (χ3v) is 4.21. The third kappa shape index (κ3) is 4.37. The molecule has 2 aromatic rings. The van der Waals surface area contributed by atoms with Crippen LogP contribution in [-0.4, -0.2) is 48.2 Å². The van der Waals surface area contributed by atoms with Gasteiger partial charge < -0.3 is 14.8 Å². The van der Waals surface area contributed by atoms with Crippen molar-refractivity contribution in [1.29, 1.82) is 5.26 Å². The van der Waals surface area contributed by atoms with E-state index in [0.29, 0.717) is 17.6 Å². The van der Waals surface area contributed by atoms with Crippen molar-refractivity contribution in [2.24, 2.45) is 0 Å². The van der Waals surface area contributed by atoms with Gasteiger partial charge in [-0.2, -0.15) is 5.26 Å². The number of rotatable bonds is 6. The zero-order valence-corrected chi connectivity index (χ0v) is 14.4. The lowest BCUT2D eigenvalue weighted by Crippen LogP contribution is -2.26. The van der Waals surface area contributed by atoms with E-state index >= 15 is 0 Å². The first-order valence-corrected chi connectivity index (χ1v) is 8.13. The molecule has 25 heavy (non-hydrogen) atoms. The lowest BCUT2D eigenvalue weighted by atomic mass is 10.2. The minimum absolute atomic E-state index is 0.315. The Bertz CT molecular complexity index is 735. The van der Waals surface area contributed by atoms with Gasteiger partial charge in [-0.05, 0) is 24.1 Å². The number of hydrogen-bond donors (Lipinski definition) is 1. The van der Waals surface area contributed by atoms with Crippen LogP contribution in [-0.2, 0) is 6.54 Å². The van der Waals surface area contributed by atoms with Gasteiger partial charge in [0, 0.05) is 31.7 Å². The molecule has 1 N–H and O–H groups in total. The Morgan fingerprint density at radius 3 is 2.56 bits per heavy atom. The van der Waals surface area contributed by atoms with E-state index < -0.39 is 0 Å². The van der Waals surface area contributed by atoms with E-state index in [0.717, 1.165) is 43.1 Å². The highest BCUT2D eigenvalue weighted by Crippen LogP contribution is 2.25. The number of nitrogens with one attached hydrogen (secondary N) is 1. The van der Waals surface area contributed by atoms with Crippen molar-refractivity contribution in [3.63, 3.8) is 0 Å². The number of hydrogen-bond acceptors (Lipinski definition) is 7. The van der Waals surface area contributed by atoms with Crippen molar-refractivity contribution in [2.75, 3.05) is 32.6 Å². The molecule has 1 fully saturated rings. The predicted molar refractivity (Wildman–Crippen MR) is 93.6 cm³/mol. The summed E-state index contributed by atoms with van der Waals surface area (Å²) in [5.41, 5.74) is 1.49. The summed E-state index contributed by atoms with van der Waals surface area (Å²) in [7, 11) is 3.32. The maximum atomic E-state index is 8.76. The number of benzene rings is 1. The van der Waals surface area contributed by atoms with Crippen molar-refractivity contribution in [3.8, 4) is 17.6 Å². The molecule has 0 aliphatic carbocycles. The molecule has 0 spiro atoms. The van der Waals surface area contributed by atoms with Gasteiger partial charge in [0.05, 0.1) is 26.6 Å². The van der Waals surface area contributed by atoms with E-state index in [2.05, 4.69) is 20.2 Å². The molecule has 2 heterocycles. The molecule has 0 amide bonds. The number of aromatic nitrogens is 2. The van der Waals surface area contributed by atoms with E-state index in [-0.39, 0.29) is 0 Å². The van der Waals surface area contributed by atoms with Crippen molar-refractivity contribution in [2.45, 2.75) is 19.0 Å². The number of anilines is 1. The lowest BCUT2D eigenvalue weighted by molar-refractivity contribution is 0.326. The average molecular weight is 339 g/mol. The summed E-state index contributed by atoms with van der Waals surface area (Å²) >= 11 is 0. The zero-order chi connectivity index (χ0) is 17.6. The van der Waals surface area contributed by atoms with Crippen LogP contribution in [0.4, 0.5) is 5.82 Å². The van der Waals surface area contributed by atoms with Crippen LogP contribution in [0.25, 0.3) is 0 Å². The number of ether oxygens (including phenoxy) is 2. The molecule has 3 rings (SSSR count). The summed E-state index contributed by atoms with van der Waals surface area (Å²) < 4.78 is 10.7. The van der Waals surface area contributed by atoms with Gasteiger partial charge in [-0.3, -0.25) is 4.90 Å². The second-order valence-corrected chi connectivity index (χ2v) is 5.98. The van der Waals surface area contributed by atoms with Crippen LogP contribution in [0.1, 0.15) is 17.7 Å². The lowest BCUT2D eigenvalue weighted by Gasteiger charge is -2.18. The topological polar surface area (TPSA) is 83.3 Å². The predicted octanol–water partition coefficient (Wildman–Crippen LogP) is 2.05. The molecule has 1 unspecified atom stereocenters. The van der Waals surface area contributed by atoms with Crippen molar-refractivity contribution in [3.05, 3.63) is 41.9 Å². The minimum atomic E-state index is 0.315. The molecule has 1 aliphatic rings. The van der Waals surface area contributed by atoms with Gasteiger partial charge in [-0.25, -0.2) is 9.97 Å². The minimum Gasteiger partial charge on any atom is -0.497 e. The Morgan fingerprint density at radius 2 is 1.96 bits per heavy atom. The molecule has 0 bridgehead atoms. The molecule has 0 saturated carbocycles. The van der Waals surface area contributed by atoms with Crippen LogP contribution in [0.15, 0.2) is 30.6 Å². The van der Waals surface area contributed by atoms with E-state index in [1.54, 1.807) is 20.4 Å². The fourth-order valence-corrected chi connectivity index (χ4v) is 2.98. The molecule has 0 radical (unpaired) electrons. The maximum absolute atomic E-state index is 8.76. The first-order valence-electron chi connectivity index (χ1n) is 8.13. The molecule has 1 atom stereocenters. The second kappa shape index (κ2) is 7.81. The smallest absolute Gasteiger partial charge is 0.158 e. The average Bonchev–Trinajstić information content (AvgIpc) is 3.08. The fraction of sp³-hybridized carbons (Fsp3) is 0.389. The monoisotopic (exact) mass is 339 g/mol. The van der Waals surface area contributed by atoms with Crippen molar-refractivity contribution >= 4 is 5.82 Å². The first-order chi connectivity index (χ1) is 12.2. The molecule has 1 saturated heterocycles. The van der Waals surface area contributed by atoms with Gasteiger partial charge in [0.25, 0.3) is 0 Å². The fourth-order valence-electron chi connectivity index (χ4n) is 2.98. The SMILES string of the molecule is COc1cc(CN2CCC(Nc3cnc(C#N)cn3)C2)cc(OC)c1. The summed E-state index contributed by atoms with van der Waals surface area (Å²) in [5, 5.41) is 12.1. The molecule has 1 aliphatic heterocycles. The molecule has 1 aromatic heterocycles. The first kappa shape index (κ1) is 17.0. The van der Waals surface area contributed by atoms with E-state index in [9.17, 15) is 0 Å². The Labute approximate surface area is 147 Å². The van der Waals surface area contributed by atoms with Crippen LogP contribution in [0.5, 0.6) is 11.5 Å². The summed E-state index contributed by atoms with van der Waals surface area (Å²) in [5.74, 6) is 2.31. The van der Waals surface area contributed by atoms with Gasteiger partial charge >= 0.3 is 0 Å². The Kier molecular flexibility index (Phi) is 5.31. The molecule has 7 heteroatoms. The van der Waals surface area contributed by atoms with Crippen LogP contribution < -0.4 is 14.8 Å². The summed E-state index contributed by atoms with van der Waals surface area (Å²) in [6.45, 7) is 2.76. The number of likely N-dealkylation sites (tertiary alicyclic amines) is 1. The number of methoxy groups -OCH3 is 2. The van der Waals surface area contributed by atoms with Gasteiger partial charge in [-0.15, -0.1) is 0 Å². The van der Waals surface area contributed by atoms with E-state index in [1.807, 2.05) is 24.3 Å². The van der Waals surface area contributed by atoms with Crippen molar-refractivity contribution < 1.29 is 9.47 Å². The standard InChI is InChI=1S/C18H21N5O2/c1-24-16-5-13(6-17(7-16)25-2)11-23-4-3-14(12-23)22-18-10-20-15(8-19)9-21-18/h5-7,9-10,14H,3-4,11-12H2,1-2H3,(H,21,22). The summed E-state index contributed by atoms with van der Waals surface area (Å²) in [4.78, 5) is 10.6. The Balaban J connectivity index is 1.58. The zero-order valence-electron chi connectivity index (χ0n) is 14.4. The van der Waals surface area contributed by atoms with Crippen LogP contribution in [0.3, 0.4) is 0 Å². The van der Waals surface area contributed by atoms with Crippen LogP contribution in [0.2, 0.25) is 0 Å². The largest absolute Gasteiger partial charge is 0.497 e. The summed E-state index contributed by atoms with van der Waals surface area (Å²) in [6, 6.07) is 8.24. The van der Waals surface area contributed by atoms with Crippen LogP contribution >= 0.6 is 0 Å². The molecule has 130 valence electrons. The molecular formula is C18H21N5O2. The van der Waals surface area contributed by atoms with Gasteiger partial charge in [-0.1, -0.05) is 0 Å².